The fourth-order valence-electron chi connectivity index (χ4n) is 3.36. The Kier molecular flexibility index (Phi) is 5.41. The second-order valence-electron chi connectivity index (χ2n) is 7.16. The van der Waals surface area contributed by atoms with Crippen LogP contribution in [0, 0.1) is 5.82 Å². The van der Waals surface area contributed by atoms with Gasteiger partial charge in [0.2, 0.25) is 12.3 Å². The molecule has 0 atom stereocenters. The first-order chi connectivity index (χ1) is 15.7. The first-order valence-electron chi connectivity index (χ1n) is 10.1. The topological polar surface area (TPSA) is 61.0 Å². The Morgan fingerprint density at radius 3 is 2.50 bits per heavy atom. The van der Waals surface area contributed by atoms with Crippen LogP contribution in [0.5, 0.6) is 5.75 Å². The summed E-state index contributed by atoms with van der Waals surface area (Å²) in [6, 6.07) is 25.8. The molecule has 2 heterocycles. The van der Waals surface area contributed by atoms with Gasteiger partial charge in [-0.05, 0) is 53.6 Å². The molecule has 0 N–H and O–H groups in total. The zero-order valence-electron chi connectivity index (χ0n) is 17.0. The predicted octanol–water partition coefficient (Wildman–Crippen LogP) is 5.92. The largest absolute Gasteiger partial charge is 0.487 e. The highest BCUT2D eigenvalue weighted by Gasteiger charge is 2.11. The van der Waals surface area contributed by atoms with E-state index in [9.17, 15) is 4.39 Å². The van der Waals surface area contributed by atoms with Crippen molar-refractivity contribution in [2.75, 3.05) is 0 Å². The maximum atomic E-state index is 13.3. The van der Waals surface area contributed by atoms with Gasteiger partial charge in [0.25, 0.3) is 0 Å². The van der Waals surface area contributed by atoms with E-state index >= 15 is 0 Å². The highest BCUT2D eigenvalue weighted by molar-refractivity contribution is 5.88. The van der Waals surface area contributed by atoms with Crippen LogP contribution in [-0.2, 0) is 6.61 Å². The Labute approximate surface area is 183 Å². The molecule has 0 aliphatic heterocycles. The molecule has 5 nitrogen and oxygen atoms in total. The van der Waals surface area contributed by atoms with Gasteiger partial charge in [-0.3, -0.25) is 0 Å². The van der Waals surface area contributed by atoms with Crippen LogP contribution in [-0.4, -0.2) is 15.2 Å². The third-order valence-electron chi connectivity index (χ3n) is 4.98. The Morgan fingerprint density at radius 2 is 1.72 bits per heavy atom. The Morgan fingerprint density at radius 1 is 0.906 bits per heavy atom. The molecule has 0 aliphatic rings. The number of para-hydroxylation sites is 1. The molecule has 0 fully saturated rings. The van der Waals surface area contributed by atoms with Gasteiger partial charge in [-0.15, -0.1) is 10.2 Å². The lowest BCUT2D eigenvalue weighted by Crippen LogP contribution is -1.98. The summed E-state index contributed by atoms with van der Waals surface area (Å²) in [5.41, 5.74) is 4.23. The summed E-state index contributed by atoms with van der Waals surface area (Å²) >= 11 is 0. The molecule has 0 unspecified atom stereocenters. The minimum atomic E-state index is -0.288. The maximum Gasteiger partial charge on any atom is 0.248 e. The molecule has 156 valence electrons. The second-order valence-corrected chi connectivity index (χ2v) is 7.16. The first-order valence-corrected chi connectivity index (χ1v) is 10.1. The summed E-state index contributed by atoms with van der Waals surface area (Å²) in [6.07, 6.45) is 3.16. The fraction of sp³-hybridized carbons (Fsp3) is 0.0385. The van der Waals surface area contributed by atoms with E-state index in [1.165, 1.54) is 18.5 Å². The second kappa shape index (κ2) is 8.81. The number of hydrogen-bond acceptors (Lipinski definition) is 5. The Bertz CT molecular complexity index is 1360. The lowest BCUT2D eigenvalue weighted by Gasteiger charge is -2.09. The van der Waals surface area contributed by atoms with Gasteiger partial charge in [0.15, 0.2) is 0 Å². The fourth-order valence-corrected chi connectivity index (χ4v) is 3.36. The number of benzene rings is 3. The summed E-state index contributed by atoms with van der Waals surface area (Å²) < 4.78 is 24.6. The van der Waals surface area contributed by atoms with Crippen LogP contribution in [0.25, 0.3) is 22.6 Å². The Balaban J connectivity index is 1.36. The first kappa shape index (κ1) is 19.6. The number of rotatable bonds is 6. The number of nitrogens with zero attached hydrogens (tertiary/aromatic N) is 3. The minimum absolute atomic E-state index is 0.288. The highest BCUT2D eigenvalue weighted by Crippen LogP contribution is 2.27. The van der Waals surface area contributed by atoms with Gasteiger partial charge in [-0.2, -0.15) is 0 Å². The molecule has 0 spiro atoms. The normalized spacial score (nSPS) is 11.6. The molecular formula is C26H18FN3O2. The van der Waals surface area contributed by atoms with E-state index in [2.05, 4.69) is 15.2 Å². The van der Waals surface area contributed by atoms with E-state index in [1.54, 1.807) is 12.1 Å². The molecule has 0 bridgehead atoms. The van der Waals surface area contributed by atoms with Gasteiger partial charge in [-0.1, -0.05) is 48.5 Å². The van der Waals surface area contributed by atoms with Crippen LogP contribution < -0.4 is 4.74 Å². The molecule has 3 aromatic carbocycles. The summed E-state index contributed by atoms with van der Waals surface area (Å²) in [5.74, 6) is 0.808. The summed E-state index contributed by atoms with van der Waals surface area (Å²) in [4.78, 5) is 4.63. The Hall–Kier alpha value is -4.32. The number of fused-ring (bicyclic) bond motifs is 1. The standard InChI is InChI=1S/C26H18FN3O2/c27-21-10-5-18(6-11-21)15-24(26-30-28-17-32-26)19-8-13-23(14-9-19)31-16-22-12-7-20-3-1-2-4-25(20)29-22/h1-15,17H,16H2/b24-15-. The van der Waals surface area contributed by atoms with E-state index in [0.717, 1.165) is 39.0 Å². The molecule has 0 saturated carbocycles. The summed E-state index contributed by atoms with van der Waals surface area (Å²) in [7, 11) is 0. The molecular weight excluding hydrogens is 405 g/mol. The quantitative estimate of drug-likeness (QED) is 0.317. The lowest BCUT2D eigenvalue weighted by molar-refractivity contribution is 0.302. The van der Waals surface area contributed by atoms with Gasteiger partial charge in [-0.25, -0.2) is 9.37 Å². The van der Waals surface area contributed by atoms with Crippen LogP contribution in [0.2, 0.25) is 0 Å². The van der Waals surface area contributed by atoms with Crippen LogP contribution in [0.15, 0.2) is 95.7 Å². The summed E-state index contributed by atoms with van der Waals surface area (Å²) in [5, 5.41) is 8.91. The van der Waals surface area contributed by atoms with E-state index in [1.807, 2.05) is 66.7 Å². The average Bonchev–Trinajstić information content (AvgIpc) is 3.37. The SMILES string of the molecule is Fc1ccc(/C=C(/c2ccc(OCc3ccc4ccccc4n3)cc2)c2nnco2)cc1. The van der Waals surface area contributed by atoms with Crippen molar-refractivity contribution in [3.63, 3.8) is 0 Å². The van der Waals surface area contributed by atoms with E-state index in [4.69, 9.17) is 9.15 Å². The van der Waals surface area contributed by atoms with Crippen molar-refractivity contribution in [1.29, 1.82) is 0 Å². The van der Waals surface area contributed by atoms with Gasteiger partial charge >= 0.3 is 0 Å². The van der Waals surface area contributed by atoms with Gasteiger partial charge in [0.1, 0.15) is 18.2 Å². The predicted molar refractivity (Wildman–Crippen MR) is 120 cm³/mol. The van der Waals surface area contributed by atoms with Gasteiger partial charge < -0.3 is 9.15 Å². The third kappa shape index (κ3) is 4.39. The number of ether oxygens (including phenoxy) is 1. The van der Waals surface area contributed by atoms with Crippen LogP contribution >= 0.6 is 0 Å². The lowest BCUT2D eigenvalue weighted by atomic mass is 10.0. The molecule has 0 radical (unpaired) electrons. The average molecular weight is 423 g/mol. The molecule has 32 heavy (non-hydrogen) atoms. The molecule has 5 rings (SSSR count). The smallest absolute Gasteiger partial charge is 0.248 e. The van der Waals surface area contributed by atoms with Crippen molar-refractivity contribution in [3.8, 4) is 5.75 Å². The van der Waals surface area contributed by atoms with E-state index in [0.29, 0.717) is 12.5 Å². The molecule has 6 heteroatoms. The highest BCUT2D eigenvalue weighted by atomic mass is 19.1. The number of pyridine rings is 1. The third-order valence-corrected chi connectivity index (χ3v) is 4.98. The number of halogens is 1. The summed E-state index contributed by atoms with van der Waals surface area (Å²) in [6.45, 7) is 0.367. The van der Waals surface area contributed by atoms with Crippen molar-refractivity contribution in [2.45, 2.75) is 6.61 Å². The van der Waals surface area contributed by atoms with Crippen LogP contribution in [0.3, 0.4) is 0 Å². The van der Waals surface area contributed by atoms with E-state index in [-0.39, 0.29) is 5.82 Å². The molecule has 2 aromatic heterocycles. The van der Waals surface area contributed by atoms with Crippen LogP contribution in [0.4, 0.5) is 4.39 Å². The van der Waals surface area contributed by atoms with E-state index < -0.39 is 0 Å². The van der Waals surface area contributed by atoms with Crippen molar-refractivity contribution in [3.05, 3.63) is 120 Å². The molecule has 0 aliphatic carbocycles. The van der Waals surface area contributed by atoms with Crippen molar-refractivity contribution in [1.82, 2.24) is 15.2 Å². The van der Waals surface area contributed by atoms with Crippen molar-refractivity contribution < 1.29 is 13.5 Å². The minimum Gasteiger partial charge on any atom is -0.487 e. The van der Waals surface area contributed by atoms with Gasteiger partial charge in [0, 0.05) is 11.0 Å². The van der Waals surface area contributed by atoms with Crippen molar-refractivity contribution in [2.24, 2.45) is 0 Å². The molecule has 0 saturated heterocycles. The number of aromatic nitrogens is 3. The zero-order chi connectivity index (χ0) is 21.8. The number of hydrogen-bond donors (Lipinski definition) is 0. The van der Waals surface area contributed by atoms with Crippen molar-refractivity contribution >= 4 is 22.6 Å². The zero-order valence-corrected chi connectivity index (χ0v) is 17.0. The molecule has 5 aromatic rings. The van der Waals surface area contributed by atoms with Crippen LogP contribution in [0.1, 0.15) is 22.7 Å². The monoisotopic (exact) mass is 423 g/mol. The molecule has 0 amide bonds. The van der Waals surface area contributed by atoms with Gasteiger partial charge in [0.05, 0.1) is 11.2 Å². The maximum absolute atomic E-state index is 13.3.